The summed E-state index contributed by atoms with van der Waals surface area (Å²) in [5, 5.41) is 4.98. The van der Waals surface area contributed by atoms with E-state index in [0.29, 0.717) is 6.54 Å². The molecule has 3 aromatic rings. The van der Waals surface area contributed by atoms with Crippen LogP contribution in [0.25, 0.3) is 5.69 Å². The molecule has 0 fully saturated rings. The van der Waals surface area contributed by atoms with Crippen molar-refractivity contribution in [3.8, 4) is 5.69 Å². The highest BCUT2D eigenvalue weighted by molar-refractivity contribution is 7.12. The van der Waals surface area contributed by atoms with Crippen LogP contribution < -0.4 is 5.32 Å². The van der Waals surface area contributed by atoms with Crippen LogP contribution in [0.4, 0.5) is 0 Å². The Labute approximate surface area is 133 Å². The van der Waals surface area contributed by atoms with Crippen LogP contribution in [0.5, 0.6) is 0 Å². The standard InChI is InChI=1S/C17H17N3OS/c1-2-13-7-10-22-16(13)17(21)19-11-14-5-3-4-6-15(14)20-9-8-18-12-20/h3-10,12H,2,11H2,1H3,(H,19,21). The van der Waals surface area contributed by atoms with E-state index in [1.54, 1.807) is 12.5 Å². The number of hydrogen-bond donors (Lipinski definition) is 1. The fourth-order valence-electron chi connectivity index (χ4n) is 2.38. The van der Waals surface area contributed by atoms with Gasteiger partial charge in [0.1, 0.15) is 0 Å². The average molecular weight is 311 g/mol. The molecule has 5 heteroatoms. The van der Waals surface area contributed by atoms with Gasteiger partial charge in [-0.15, -0.1) is 11.3 Å². The summed E-state index contributed by atoms with van der Waals surface area (Å²) in [5.41, 5.74) is 3.19. The average Bonchev–Trinajstić information content (AvgIpc) is 3.23. The Hall–Kier alpha value is -2.40. The second-order valence-corrected chi connectivity index (χ2v) is 5.83. The molecule has 0 saturated heterocycles. The minimum absolute atomic E-state index is 0.00714. The summed E-state index contributed by atoms with van der Waals surface area (Å²) in [6.45, 7) is 2.56. The number of imidazole rings is 1. The Morgan fingerprint density at radius 3 is 2.91 bits per heavy atom. The molecule has 0 radical (unpaired) electrons. The number of amides is 1. The molecular weight excluding hydrogens is 294 g/mol. The van der Waals surface area contributed by atoms with Crippen molar-refractivity contribution in [2.75, 3.05) is 0 Å². The van der Waals surface area contributed by atoms with Crippen LogP contribution in [0.3, 0.4) is 0 Å². The second kappa shape index (κ2) is 6.58. The maximum atomic E-state index is 12.3. The number of nitrogens with zero attached hydrogens (tertiary/aromatic N) is 2. The lowest BCUT2D eigenvalue weighted by Gasteiger charge is -2.11. The fraction of sp³-hybridized carbons (Fsp3) is 0.176. The van der Waals surface area contributed by atoms with E-state index in [-0.39, 0.29) is 5.91 Å². The Kier molecular flexibility index (Phi) is 4.34. The summed E-state index contributed by atoms with van der Waals surface area (Å²) in [5.74, 6) is -0.00714. The highest BCUT2D eigenvalue weighted by atomic mass is 32.1. The van der Waals surface area contributed by atoms with Crippen molar-refractivity contribution >= 4 is 17.2 Å². The maximum Gasteiger partial charge on any atom is 0.261 e. The zero-order chi connectivity index (χ0) is 15.4. The van der Waals surface area contributed by atoms with E-state index < -0.39 is 0 Å². The van der Waals surface area contributed by atoms with Crippen LogP contribution in [-0.2, 0) is 13.0 Å². The molecule has 0 aliphatic carbocycles. The van der Waals surface area contributed by atoms with E-state index in [0.717, 1.165) is 28.1 Å². The fourth-order valence-corrected chi connectivity index (χ4v) is 3.29. The third-order valence-electron chi connectivity index (χ3n) is 3.55. The molecule has 0 saturated carbocycles. The Bertz CT molecular complexity index is 762. The largest absolute Gasteiger partial charge is 0.347 e. The predicted octanol–water partition coefficient (Wildman–Crippen LogP) is 3.43. The maximum absolute atomic E-state index is 12.3. The van der Waals surface area contributed by atoms with E-state index in [2.05, 4.69) is 17.2 Å². The van der Waals surface area contributed by atoms with Crippen molar-refractivity contribution in [3.05, 3.63) is 70.4 Å². The SMILES string of the molecule is CCc1ccsc1C(=O)NCc1ccccc1-n1ccnc1. The van der Waals surface area contributed by atoms with Gasteiger partial charge in [0, 0.05) is 18.9 Å². The van der Waals surface area contributed by atoms with Crippen molar-refractivity contribution in [1.29, 1.82) is 0 Å². The molecule has 0 aliphatic rings. The molecule has 1 amide bonds. The first-order valence-electron chi connectivity index (χ1n) is 7.20. The number of hydrogen-bond acceptors (Lipinski definition) is 3. The number of carbonyl (C=O) groups is 1. The first-order chi connectivity index (χ1) is 10.8. The van der Waals surface area contributed by atoms with Gasteiger partial charge in [-0.2, -0.15) is 0 Å². The summed E-state index contributed by atoms with van der Waals surface area (Å²) in [6.07, 6.45) is 6.27. The number of aromatic nitrogens is 2. The molecule has 0 bridgehead atoms. The molecular formula is C17H17N3OS. The summed E-state index contributed by atoms with van der Waals surface area (Å²) < 4.78 is 1.95. The highest BCUT2D eigenvalue weighted by Gasteiger charge is 2.12. The molecule has 0 atom stereocenters. The molecule has 2 heterocycles. The lowest BCUT2D eigenvalue weighted by Crippen LogP contribution is -2.23. The number of rotatable bonds is 5. The van der Waals surface area contributed by atoms with Gasteiger partial charge >= 0.3 is 0 Å². The van der Waals surface area contributed by atoms with Crippen LogP contribution in [-0.4, -0.2) is 15.5 Å². The van der Waals surface area contributed by atoms with Gasteiger partial charge in [0.2, 0.25) is 0 Å². The van der Waals surface area contributed by atoms with Gasteiger partial charge in [-0.1, -0.05) is 25.1 Å². The molecule has 3 rings (SSSR count). The molecule has 0 unspecified atom stereocenters. The van der Waals surface area contributed by atoms with Crippen LogP contribution in [0.2, 0.25) is 0 Å². The van der Waals surface area contributed by atoms with Crippen molar-refractivity contribution in [2.45, 2.75) is 19.9 Å². The van der Waals surface area contributed by atoms with Crippen molar-refractivity contribution < 1.29 is 4.79 Å². The number of aryl methyl sites for hydroxylation is 1. The summed E-state index contributed by atoms with van der Waals surface area (Å²) in [6, 6.07) is 10.0. The van der Waals surface area contributed by atoms with Crippen molar-refractivity contribution in [2.24, 2.45) is 0 Å². The van der Waals surface area contributed by atoms with Gasteiger partial charge in [0.25, 0.3) is 5.91 Å². The Morgan fingerprint density at radius 2 is 2.14 bits per heavy atom. The first kappa shape index (κ1) is 14.5. The van der Waals surface area contributed by atoms with E-state index in [9.17, 15) is 4.79 Å². The molecule has 112 valence electrons. The molecule has 2 aromatic heterocycles. The van der Waals surface area contributed by atoms with Gasteiger partial charge in [0.05, 0.1) is 16.9 Å². The van der Waals surface area contributed by atoms with Crippen LogP contribution >= 0.6 is 11.3 Å². The number of para-hydroxylation sites is 1. The first-order valence-corrected chi connectivity index (χ1v) is 8.08. The number of carbonyl (C=O) groups excluding carboxylic acids is 1. The minimum Gasteiger partial charge on any atom is -0.347 e. The van der Waals surface area contributed by atoms with Gasteiger partial charge in [-0.05, 0) is 35.1 Å². The lowest BCUT2D eigenvalue weighted by atomic mass is 10.1. The van der Waals surface area contributed by atoms with Crippen LogP contribution in [0.1, 0.15) is 27.7 Å². The van der Waals surface area contributed by atoms with Crippen molar-refractivity contribution in [3.63, 3.8) is 0 Å². The highest BCUT2D eigenvalue weighted by Crippen LogP contribution is 2.18. The van der Waals surface area contributed by atoms with Gasteiger partial charge < -0.3 is 9.88 Å². The summed E-state index contributed by atoms with van der Waals surface area (Å²) in [7, 11) is 0. The minimum atomic E-state index is -0.00714. The summed E-state index contributed by atoms with van der Waals surface area (Å²) in [4.78, 5) is 17.2. The zero-order valence-electron chi connectivity index (χ0n) is 12.3. The lowest BCUT2D eigenvalue weighted by molar-refractivity contribution is 0.0954. The molecule has 4 nitrogen and oxygen atoms in total. The molecule has 0 spiro atoms. The number of thiophene rings is 1. The smallest absolute Gasteiger partial charge is 0.261 e. The van der Waals surface area contributed by atoms with Gasteiger partial charge in [-0.25, -0.2) is 4.98 Å². The third-order valence-corrected chi connectivity index (χ3v) is 4.50. The van der Waals surface area contributed by atoms with E-state index >= 15 is 0 Å². The van der Waals surface area contributed by atoms with E-state index in [1.165, 1.54) is 11.3 Å². The number of nitrogens with one attached hydrogen (secondary N) is 1. The predicted molar refractivity (Wildman–Crippen MR) is 88.4 cm³/mol. The van der Waals surface area contributed by atoms with E-state index in [1.807, 2.05) is 46.5 Å². The van der Waals surface area contributed by atoms with Gasteiger partial charge in [-0.3, -0.25) is 4.79 Å². The second-order valence-electron chi connectivity index (χ2n) is 4.91. The quantitative estimate of drug-likeness (QED) is 0.785. The molecule has 0 aliphatic heterocycles. The molecule has 22 heavy (non-hydrogen) atoms. The van der Waals surface area contributed by atoms with Gasteiger partial charge in [0.15, 0.2) is 0 Å². The molecule has 1 N–H and O–H groups in total. The van der Waals surface area contributed by atoms with E-state index in [4.69, 9.17) is 0 Å². The third kappa shape index (κ3) is 2.94. The van der Waals surface area contributed by atoms with Crippen LogP contribution in [0.15, 0.2) is 54.4 Å². The monoisotopic (exact) mass is 311 g/mol. The Balaban J connectivity index is 1.76. The van der Waals surface area contributed by atoms with Crippen molar-refractivity contribution in [1.82, 2.24) is 14.9 Å². The molecule has 1 aromatic carbocycles. The summed E-state index contributed by atoms with van der Waals surface area (Å²) >= 11 is 1.49. The van der Waals surface area contributed by atoms with Crippen LogP contribution in [0, 0.1) is 0 Å². The Morgan fingerprint density at radius 1 is 1.27 bits per heavy atom. The normalized spacial score (nSPS) is 10.6. The zero-order valence-corrected chi connectivity index (χ0v) is 13.1. The topological polar surface area (TPSA) is 46.9 Å². The number of benzene rings is 1.